The monoisotopic (exact) mass is 705 g/mol. The van der Waals surface area contributed by atoms with Crippen molar-refractivity contribution in [3.63, 3.8) is 0 Å². The Morgan fingerprint density at radius 2 is 1.51 bits per heavy atom. The Labute approximate surface area is 286 Å². The molecule has 2 heterocycles. The smallest absolute Gasteiger partial charge is 0.335 e. The first-order chi connectivity index (χ1) is 23.3. The van der Waals surface area contributed by atoms with Gasteiger partial charge < -0.3 is 26.0 Å². The molecule has 2 aromatic rings. The van der Waals surface area contributed by atoms with Crippen molar-refractivity contribution < 1.29 is 48.5 Å². The molecule has 0 saturated carbocycles. The third kappa shape index (κ3) is 9.13. The average molecular weight is 706 g/mol. The van der Waals surface area contributed by atoms with E-state index in [0.717, 1.165) is 5.69 Å². The number of halogens is 1. The van der Waals surface area contributed by atoms with Crippen LogP contribution in [0.3, 0.4) is 0 Å². The maximum Gasteiger partial charge on any atom is 0.335 e. The maximum absolute atomic E-state index is 13.7. The Bertz CT molecular complexity index is 1550. The summed E-state index contributed by atoms with van der Waals surface area (Å²) in [6.07, 6.45) is 1.36. The van der Waals surface area contributed by atoms with Crippen molar-refractivity contribution in [3.8, 4) is 5.69 Å². The summed E-state index contributed by atoms with van der Waals surface area (Å²) >= 11 is 5.35. The molecule has 1 aliphatic rings. The number of aryl methyl sites for hydroxylation is 1. The summed E-state index contributed by atoms with van der Waals surface area (Å²) in [5.74, 6) is -6.67. The lowest BCUT2D eigenvalue weighted by Crippen LogP contribution is -2.70. The van der Waals surface area contributed by atoms with E-state index in [1.54, 1.807) is 35.1 Å². The number of anilines is 1. The van der Waals surface area contributed by atoms with E-state index in [-0.39, 0.29) is 30.8 Å². The van der Waals surface area contributed by atoms with Crippen LogP contribution in [-0.2, 0) is 30.4 Å². The molecule has 18 heteroatoms. The standard InChI is InChI=1S/C31H40FN7O9S/c1-3-31(4-2)27(46)38(30(48)39(28(31)47)23(26(44)45)14-15-24(40)41)22(25(42)43)9-5-6-17-33-29(49)34-19-10-12-21(13-11-19)37-18-20(35-36-37)8-7-16-32/h10-13,18,22-23H,3-9,14-17H2,1-2H3,(H,40,41)(H,42,43)(H,44,45)(H2,33,34,49)/t22-,23-/m0/s1. The Morgan fingerprint density at radius 1 is 0.918 bits per heavy atom. The number of unbranched alkanes of at least 4 members (excludes halogenated alkanes) is 1. The summed E-state index contributed by atoms with van der Waals surface area (Å²) in [4.78, 5) is 77.2. The minimum atomic E-state index is -1.92. The van der Waals surface area contributed by atoms with E-state index >= 15 is 0 Å². The number of nitrogens with one attached hydrogen (secondary N) is 2. The number of aromatic nitrogens is 3. The van der Waals surface area contributed by atoms with E-state index in [1.807, 2.05) is 0 Å². The quantitative estimate of drug-likeness (QED) is 0.0805. The van der Waals surface area contributed by atoms with E-state index in [9.17, 15) is 43.4 Å². The van der Waals surface area contributed by atoms with Crippen LogP contribution in [-0.4, -0.2) is 106 Å². The predicted molar refractivity (Wildman–Crippen MR) is 176 cm³/mol. The van der Waals surface area contributed by atoms with Crippen molar-refractivity contribution in [2.45, 2.75) is 83.7 Å². The van der Waals surface area contributed by atoms with Crippen molar-refractivity contribution >= 4 is 58.8 Å². The highest BCUT2D eigenvalue weighted by Crippen LogP contribution is 2.39. The highest BCUT2D eigenvalue weighted by atomic mass is 32.1. The number of carbonyl (C=O) groups is 6. The van der Waals surface area contributed by atoms with Gasteiger partial charge in [-0.15, -0.1) is 5.10 Å². The number of imide groups is 2. The lowest BCUT2D eigenvalue weighted by Gasteiger charge is -2.46. The second-order valence-electron chi connectivity index (χ2n) is 11.4. The average Bonchev–Trinajstić information content (AvgIpc) is 3.54. The van der Waals surface area contributed by atoms with Gasteiger partial charge in [-0.2, -0.15) is 0 Å². The van der Waals surface area contributed by atoms with Gasteiger partial charge >= 0.3 is 23.9 Å². The summed E-state index contributed by atoms with van der Waals surface area (Å²) in [6, 6.07) is 2.09. The van der Waals surface area contributed by atoms with Crippen molar-refractivity contribution in [3.05, 3.63) is 36.2 Å². The van der Waals surface area contributed by atoms with Gasteiger partial charge in [0, 0.05) is 18.7 Å². The Morgan fingerprint density at radius 3 is 2.04 bits per heavy atom. The SMILES string of the molecule is CCC1(CC)C(=O)N([C@@H](CCCCNC(=S)Nc2ccc(-n3cc(CCCF)nn3)cc2)C(=O)O)C(=O)N([C@@H](CCC(=O)O)C(=O)O)C1=O. The van der Waals surface area contributed by atoms with Crippen LogP contribution < -0.4 is 10.6 Å². The highest BCUT2D eigenvalue weighted by Gasteiger charge is 2.59. The zero-order valence-corrected chi connectivity index (χ0v) is 27.9. The number of benzene rings is 1. The molecular weight excluding hydrogens is 665 g/mol. The van der Waals surface area contributed by atoms with E-state index in [2.05, 4.69) is 20.9 Å². The number of carbonyl (C=O) groups excluding carboxylic acids is 3. The fourth-order valence-electron chi connectivity index (χ4n) is 5.56. The van der Waals surface area contributed by atoms with Gasteiger partial charge in [0.2, 0.25) is 11.8 Å². The molecule has 49 heavy (non-hydrogen) atoms. The molecular formula is C31H40FN7O9S. The molecule has 1 fully saturated rings. The first-order valence-corrected chi connectivity index (χ1v) is 16.2. The Kier molecular flexibility index (Phi) is 13.7. The van der Waals surface area contributed by atoms with E-state index in [1.165, 1.54) is 13.8 Å². The number of alkyl halides is 1. The number of aliphatic carboxylic acids is 3. The molecule has 0 bridgehead atoms. The number of hydrogen-bond donors (Lipinski definition) is 5. The Hall–Kier alpha value is -5.00. The molecule has 1 aromatic carbocycles. The molecule has 0 spiro atoms. The van der Waals surface area contributed by atoms with Crippen molar-refractivity contribution in [1.82, 2.24) is 30.1 Å². The van der Waals surface area contributed by atoms with Gasteiger partial charge in [-0.1, -0.05) is 19.1 Å². The number of carboxylic acid groups (broad SMARTS) is 3. The fraction of sp³-hybridized carbons (Fsp3) is 0.516. The third-order valence-corrected chi connectivity index (χ3v) is 8.63. The second-order valence-corrected chi connectivity index (χ2v) is 11.8. The van der Waals surface area contributed by atoms with Crippen LogP contribution >= 0.6 is 12.2 Å². The molecule has 1 aliphatic heterocycles. The zero-order valence-electron chi connectivity index (χ0n) is 27.1. The summed E-state index contributed by atoms with van der Waals surface area (Å²) in [7, 11) is 0. The minimum absolute atomic E-state index is 0.140. The van der Waals surface area contributed by atoms with Gasteiger partial charge in [-0.25, -0.2) is 28.9 Å². The van der Waals surface area contributed by atoms with Crippen LogP contribution in [0.25, 0.3) is 5.69 Å². The number of nitrogens with zero attached hydrogens (tertiary/aromatic N) is 5. The number of amides is 4. The molecule has 2 atom stereocenters. The van der Waals surface area contributed by atoms with Crippen molar-refractivity contribution in [2.24, 2.45) is 5.41 Å². The Balaban J connectivity index is 1.63. The molecule has 4 amide bonds. The van der Waals surface area contributed by atoms with Crippen molar-refractivity contribution in [1.29, 1.82) is 0 Å². The lowest BCUT2D eigenvalue weighted by atomic mass is 9.77. The topological polar surface area (TPSA) is 224 Å². The van der Waals surface area contributed by atoms with Gasteiger partial charge in [-0.3, -0.25) is 18.8 Å². The number of carboxylic acids is 3. The van der Waals surface area contributed by atoms with Crippen LogP contribution in [0.5, 0.6) is 0 Å². The van der Waals surface area contributed by atoms with E-state index < -0.39 is 72.8 Å². The highest BCUT2D eigenvalue weighted by molar-refractivity contribution is 7.80. The van der Waals surface area contributed by atoms with Crippen LogP contribution in [0.2, 0.25) is 0 Å². The lowest BCUT2D eigenvalue weighted by molar-refractivity contribution is -0.170. The fourth-order valence-corrected chi connectivity index (χ4v) is 5.78. The molecule has 1 aromatic heterocycles. The molecule has 1 saturated heterocycles. The summed E-state index contributed by atoms with van der Waals surface area (Å²) in [5.41, 5.74) is 0.193. The van der Waals surface area contributed by atoms with E-state index in [0.29, 0.717) is 47.0 Å². The second kappa shape index (κ2) is 17.4. The maximum atomic E-state index is 13.7. The van der Waals surface area contributed by atoms with Gasteiger partial charge in [0.1, 0.15) is 17.5 Å². The van der Waals surface area contributed by atoms with Crippen LogP contribution in [0, 0.1) is 5.41 Å². The summed E-state index contributed by atoms with van der Waals surface area (Å²) in [5, 5.41) is 43.4. The van der Waals surface area contributed by atoms with Gasteiger partial charge in [0.25, 0.3) is 0 Å². The molecule has 266 valence electrons. The molecule has 3 rings (SSSR count). The van der Waals surface area contributed by atoms with Crippen LogP contribution in [0.1, 0.15) is 70.9 Å². The number of thiocarbonyl (C=S) groups is 1. The number of barbiturate groups is 1. The summed E-state index contributed by atoms with van der Waals surface area (Å²) in [6.45, 7) is 2.86. The first-order valence-electron chi connectivity index (χ1n) is 15.8. The number of rotatable bonds is 19. The third-order valence-electron chi connectivity index (χ3n) is 8.39. The van der Waals surface area contributed by atoms with Gasteiger partial charge in [0.15, 0.2) is 5.11 Å². The number of urea groups is 1. The molecule has 16 nitrogen and oxygen atoms in total. The van der Waals surface area contributed by atoms with Crippen LogP contribution in [0.4, 0.5) is 14.9 Å². The summed E-state index contributed by atoms with van der Waals surface area (Å²) < 4.78 is 14.0. The zero-order chi connectivity index (χ0) is 36.3. The molecule has 0 unspecified atom stereocenters. The van der Waals surface area contributed by atoms with Gasteiger partial charge in [-0.05, 0) is 87.8 Å². The van der Waals surface area contributed by atoms with E-state index in [4.69, 9.17) is 17.3 Å². The first kappa shape index (κ1) is 38.4. The number of hydrogen-bond acceptors (Lipinski definition) is 9. The van der Waals surface area contributed by atoms with Gasteiger partial charge in [0.05, 0.1) is 24.3 Å². The predicted octanol–water partition coefficient (Wildman–Crippen LogP) is 2.99. The normalized spacial score (nSPS) is 15.5. The largest absolute Gasteiger partial charge is 0.481 e. The minimum Gasteiger partial charge on any atom is -0.481 e. The molecule has 0 radical (unpaired) electrons. The molecule has 0 aliphatic carbocycles. The van der Waals surface area contributed by atoms with Crippen LogP contribution in [0.15, 0.2) is 30.5 Å². The molecule has 5 N–H and O–H groups in total. The van der Waals surface area contributed by atoms with Crippen molar-refractivity contribution in [2.75, 3.05) is 18.5 Å².